The van der Waals surface area contributed by atoms with Gasteiger partial charge in [0.15, 0.2) is 0 Å². The van der Waals surface area contributed by atoms with Gasteiger partial charge in [0.25, 0.3) is 0 Å². The van der Waals surface area contributed by atoms with Crippen LogP contribution < -0.4 is 0 Å². The zero-order chi connectivity index (χ0) is 24.7. The van der Waals surface area contributed by atoms with Crippen LogP contribution in [0.1, 0.15) is 144 Å². The number of carbonyl (C=O) groups excluding carboxylic acids is 2. The summed E-state index contributed by atoms with van der Waals surface area (Å²) in [6.07, 6.45) is 18.3. The van der Waals surface area contributed by atoms with Gasteiger partial charge in [0.05, 0.1) is 13.2 Å². The third-order valence-electron chi connectivity index (χ3n) is 6.22. The molecule has 0 aliphatic carbocycles. The number of ether oxygens (including phenoxy) is 2. The number of esters is 2. The Morgan fingerprint density at radius 3 is 1.48 bits per heavy atom. The van der Waals surface area contributed by atoms with E-state index < -0.39 is 0 Å². The molecule has 0 saturated carbocycles. The van der Waals surface area contributed by atoms with Crippen molar-refractivity contribution in [1.82, 2.24) is 0 Å². The monoisotopic (exact) mass is 468 g/mol. The molecule has 4 nitrogen and oxygen atoms in total. The smallest absolute Gasteiger partial charge is 0.306 e. The van der Waals surface area contributed by atoms with Crippen molar-refractivity contribution in [3.63, 3.8) is 0 Å². The van der Waals surface area contributed by atoms with Gasteiger partial charge in [0, 0.05) is 12.8 Å². The van der Waals surface area contributed by atoms with Crippen LogP contribution in [-0.2, 0) is 19.1 Å². The highest BCUT2D eigenvalue weighted by Crippen LogP contribution is 2.16. The lowest BCUT2D eigenvalue weighted by atomic mass is 9.99. The van der Waals surface area contributed by atoms with E-state index in [1.807, 2.05) is 0 Å². The number of hydrogen-bond donors (Lipinski definition) is 0. The van der Waals surface area contributed by atoms with Crippen LogP contribution >= 0.6 is 0 Å². The van der Waals surface area contributed by atoms with E-state index in [9.17, 15) is 9.59 Å². The van der Waals surface area contributed by atoms with Crippen molar-refractivity contribution < 1.29 is 19.1 Å². The summed E-state index contributed by atoms with van der Waals surface area (Å²) in [4.78, 5) is 23.7. The summed E-state index contributed by atoms with van der Waals surface area (Å²) in [7, 11) is 0. The van der Waals surface area contributed by atoms with Crippen LogP contribution in [0.4, 0.5) is 0 Å². The molecule has 0 saturated heterocycles. The molecule has 0 aromatic rings. The fraction of sp³-hybridized carbons (Fsp3) is 0.931. The van der Waals surface area contributed by atoms with Crippen molar-refractivity contribution >= 4 is 11.9 Å². The minimum absolute atomic E-state index is 0.0323. The summed E-state index contributed by atoms with van der Waals surface area (Å²) in [6, 6.07) is 0. The molecule has 0 bridgehead atoms. The Kier molecular flexibility index (Phi) is 22.0. The van der Waals surface area contributed by atoms with Crippen LogP contribution in [0.25, 0.3) is 0 Å². The minimum atomic E-state index is -0.0335. The van der Waals surface area contributed by atoms with Gasteiger partial charge in [-0.3, -0.25) is 9.59 Å². The van der Waals surface area contributed by atoms with Crippen molar-refractivity contribution in [2.24, 2.45) is 17.8 Å². The minimum Gasteiger partial charge on any atom is -0.466 e. The quantitative estimate of drug-likeness (QED) is 0.111. The Hall–Kier alpha value is -1.06. The molecule has 0 rings (SSSR count). The maximum absolute atomic E-state index is 11.9. The summed E-state index contributed by atoms with van der Waals surface area (Å²) >= 11 is 0. The van der Waals surface area contributed by atoms with E-state index in [0.717, 1.165) is 56.8 Å². The van der Waals surface area contributed by atoms with Gasteiger partial charge >= 0.3 is 11.9 Å². The van der Waals surface area contributed by atoms with Crippen LogP contribution in [-0.4, -0.2) is 25.2 Å². The fourth-order valence-electron chi connectivity index (χ4n) is 4.02. The summed E-state index contributed by atoms with van der Waals surface area (Å²) in [5, 5.41) is 0. The molecule has 0 radical (unpaired) electrons. The number of hydrogen-bond acceptors (Lipinski definition) is 4. The van der Waals surface area contributed by atoms with E-state index in [1.165, 1.54) is 51.4 Å². The third kappa shape index (κ3) is 25.4. The van der Waals surface area contributed by atoms with Gasteiger partial charge < -0.3 is 9.47 Å². The lowest BCUT2D eigenvalue weighted by molar-refractivity contribution is -0.145. The first-order chi connectivity index (χ1) is 15.8. The van der Waals surface area contributed by atoms with Gasteiger partial charge in [-0.05, 0) is 37.0 Å². The largest absolute Gasteiger partial charge is 0.466 e. The molecule has 4 heteroatoms. The first kappa shape index (κ1) is 31.9. The first-order valence-electron chi connectivity index (χ1n) is 14.1. The SMILES string of the molecule is CC(C)CCCCCOC(=O)CCCCCCCCC(C)CC(=O)OCCCCCC(C)C. The zero-order valence-electron chi connectivity index (χ0n) is 22.8. The second kappa shape index (κ2) is 22.7. The summed E-state index contributed by atoms with van der Waals surface area (Å²) in [5.74, 6) is 1.86. The average molecular weight is 469 g/mol. The van der Waals surface area contributed by atoms with E-state index in [1.54, 1.807) is 0 Å². The summed E-state index contributed by atoms with van der Waals surface area (Å²) in [5.41, 5.74) is 0. The van der Waals surface area contributed by atoms with E-state index in [4.69, 9.17) is 9.47 Å². The Morgan fingerprint density at radius 2 is 0.939 bits per heavy atom. The molecule has 1 unspecified atom stereocenters. The first-order valence-corrected chi connectivity index (χ1v) is 14.1. The Morgan fingerprint density at radius 1 is 0.515 bits per heavy atom. The molecule has 0 amide bonds. The Balaban J connectivity index is 3.41. The molecule has 0 aliphatic heterocycles. The van der Waals surface area contributed by atoms with E-state index in [2.05, 4.69) is 34.6 Å². The summed E-state index contributed by atoms with van der Waals surface area (Å²) in [6.45, 7) is 12.3. The molecule has 0 aromatic heterocycles. The molecule has 0 aliphatic rings. The van der Waals surface area contributed by atoms with Gasteiger partial charge in [-0.2, -0.15) is 0 Å². The molecule has 196 valence electrons. The highest BCUT2D eigenvalue weighted by molar-refractivity contribution is 5.69. The molecule has 33 heavy (non-hydrogen) atoms. The lowest BCUT2D eigenvalue weighted by Crippen LogP contribution is -2.10. The van der Waals surface area contributed by atoms with Gasteiger partial charge in [0.2, 0.25) is 0 Å². The van der Waals surface area contributed by atoms with Gasteiger partial charge in [-0.1, -0.05) is 112 Å². The van der Waals surface area contributed by atoms with E-state index in [0.29, 0.717) is 32.0 Å². The second-order valence-electron chi connectivity index (χ2n) is 10.9. The molecule has 0 spiro atoms. The molecule has 0 N–H and O–H groups in total. The van der Waals surface area contributed by atoms with Crippen molar-refractivity contribution in [2.75, 3.05) is 13.2 Å². The van der Waals surface area contributed by atoms with Crippen LogP contribution in [0.3, 0.4) is 0 Å². The van der Waals surface area contributed by atoms with Crippen molar-refractivity contribution in [3.8, 4) is 0 Å². The van der Waals surface area contributed by atoms with E-state index in [-0.39, 0.29) is 11.9 Å². The number of rotatable bonds is 23. The standard InChI is InChI=1S/C29H56O4/c1-25(2)18-12-10-16-22-32-28(30)21-15-9-7-6-8-14-20-27(5)24-29(31)33-23-17-11-13-19-26(3)4/h25-27H,6-24H2,1-5H3. The van der Waals surface area contributed by atoms with Crippen LogP contribution in [0.5, 0.6) is 0 Å². The normalized spacial score (nSPS) is 12.3. The molecule has 0 heterocycles. The summed E-state index contributed by atoms with van der Waals surface area (Å²) < 4.78 is 10.7. The second-order valence-corrected chi connectivity index (χ2v) is 10.9. The molecule has 1 atom stereocenters. The maximum atomic E-state index is 11.9. The molecular weight excluding hydrogens is 412 g/mol. The maximum Gasteiger partial charge on any atom is 0.306 e. The molecule has 0 aromatic carbocycles. The third-order valence-corrected chi connectivity index (χ3v) is 6.22. The van der Waals surface area contributed by atoms with Gasteiger partial charge in [-0.25, -0.2) is 0 Å². The lowest BCUT2D eigenvalue weighted by Gasteiger charge is -2.11. The van der Waals surface area contributed by atoms with Crippen LogP contribution in [0.2, 0.25) is 0 Å². The van der Waals surface area contributed by atoms with Gasteiger partial charge in [-0.15, -0.1) is 0 Å². The average Bonchev–Trinajstić information content (AvgIpc) is 2.74. The zero-order valence-corrected chi connectivity index (χ0v) is 22.8. The van der Waals surface area contributed by atoms with Gasteiger partial charge in [0.1, 0.15) is 0 Å². The predicted octanol–water partition coefficient (Wildman–Crippen LogP) is 8.65. The Labute approximate surface area is 206 Å². The van der Waals surface area contributed by atoms with E-state index >= 15 is 0 Å². The van der Waals surface area contributed by atoms with Crippen molar-refractivity contribution in [1.29, 1.82) is 0 Å². The highest BCUT2D eigenvalue weighted by atomic mass is 16.5. The predicted molar refractivity (Wildman–Crippen MR) is 139 cm³/mol. The topological polar surface area (TPSA) is 52.6 Å². The van der Waals surface area contributed by atoms with Crippen LogP contribution in [0.15, 0.2) is 0 Å². The fourth-order valence-corrected chi connectivity index (χ4v) is 4.02. The Bertz CT molecular complexity index is 459. The number of unbranched alkanes of at least 4 members (excludes halogenated alkanes) is 9. The number of carbonyl (C=O) groups is 2. The molecule has 0 fully saturated rings. The van der Waals surface area contributed by atoms with Crippen molar-refractivity contribution in [2.45, 2.75) is 144 Å². The van der Waals surface area contributed by atoms with Crippen LogP contribution in [0, 0.1) is 17.8 Å². The highest BCUT2D eigenvalue weighted by Gasteiger charge is 2.10. The van der Waals surface area contributed by atoms with Crippen molar-refractivity contribution in [3.05, 3.63) is 0 Å². The molecular formula is C29H56O4.